The normalized spacial score (nSPS) is 16.8. The van der Waals surface area contributed by atoms with Crippen LogP contribution in [0.25, 0.3) is 10.9 Å². The fraction of sp³-hybridized carbons (Fsp3) is 0.296. The molecule has 4 aromatic rings. The number of hydrogen-bond donors (Lipinski definition) is 0. The largest absolute Gasteiger partial charge is 0.339 e. The molecule has 2 aromatic heterocycles. The standard InChI is InChI=1S/C27H28N4O/c32-27(25-11-2-1-7-24(25)19-30-17-14-28-20-30)31-15-5-6-21(12-16-31)18-23-9-3-8-22-10-4-13-29-26(22)23/h1-4,7-11,13-14,17,20-21H,5-6,12,15-16,18-19H2. The molecule has 162 valence electrons. The second-order valence-corrected chi connectivity index (χ2v) is 8.68. The fourth-order valence-corrected chi connectivity index (χ4v) is 4.83. The maximum atomic E-state index is 13.4. The summed E-state index contributed by atoms with van der Waals surface area (Å²) in [4.78, 5) is 24.2. The number of aromatic nitrogens is 3. The SMILES string of the molecule is O=C(c1ccccc1Cn1ccnc1)N1CCCC(Cc2cccc3cccnc23)CC1. The van der Waals surface area contributed by atoms with E-state index in [1.807, 2.05) is 52.2 Å². The highest BCUT2D eigenvalue weighted by Crippen LogP contribution is 2.26. The number of hydrogen-bond acceptors (Lipinski definition) is 3. The van der Waals surface area contributed by atoms with Gasteiger partial charge in [-0.2, -0.15) is 0 Å². The smallest absolute Gasteiger partial charge is 0.254 e. The third-order valence-electron chi connectivity index (χ3n) is 6.52. The van der Waals surface area contributed by atoms with Crippen molar-refractivity contribution >= 4 is 16.8 Å². The van der Waals surface area contributed by atoms with E-state index in [9.17, 15) is 4.79 Å². The Labute approximate surface area is 188 Å². The molecule has 5 rings (SSSR count). The number of imidazole rings is 1. The molecule has 0 aliphatic carbocycles. The van der Waals surface area contributed by atoms with Gasteiger partial charge in [-0.05, 0) is 54.9 Å². The van der Waals surface area contributed by atoms with Gasteiger partial charge in [-0.25, -0.2) is 4.98 Å². The zero-order valence-electron chi connectivity index (χ0n) is 18.2. The number of amides is 1. The minimum atomic E-state index is 0.146. The van der Waals surface area contributed by atoms with Crippen molar-refractivity contribution in [3.05, 3.63) is 96.2 Å². The Bertz CT molecular complexity index is 1200. The van der Waals surface area contributed by atoms with Crippen LogP contribution in [0.3, 0.4) is 0 Å². The van der Waals surface area contributed by atoms with Crippen molar-refractivity contribution in [1.82, 2.24) is 19.4 Å². The molecule has 0 bridgehead atoms. The van der Waals surface area contributed by atoms with Gasteiger partial charge < -0.3 is 9.47 Å². The molecule has 1 atom stereocenters. The Balaban J connectivity index is 1.28. The lowest BCUT2D eigenvalue weighted by molar-refractivity contribution is 0.0759. The van der Waals surface area contributed by atoms with E-state index in [1.165, 1.54) is 10.9 Å². The number of likely N-dealkylation sites (tertiary alicyclic amines) is 1. The Kier molecular flexibility index (Phi) is 5.97. The Hall–Kier alpha value is -3.47. The first-order chi connectivity index (χ1) is 15.8. The molecule has 2 aromatic carbocycles. The van der Waals surface area contributed by atoms with Crippen molar-refractivity contribution in [2.24, 2.45) is 5.92 Å². The highest BCUT2D eigenvalue weighted by atomic mass is 16.2. The van der Waals surface area contributed by atoms with Crippen LogP contribution in [0, 0.1) is 5.92 Å². The third-order valence-corrected chi connectivity index (χ3v) is 6.52. The van der Waals surface area contributed by atoms with Gasteiger partial charge in [0.15, 0.2) is 0 Å². The van der Waals surface area contributed by atoms with E-state index in [0.29, 0.717) is 12.5 Å². The summed E-state index contributed by atoms with van der Waals surface area (Å²) in [6.07, 6.45) is 11.6. The van der Waals surface area contributed by atoms with Gasteiger partial charge in [-0.3, -0.25) is 9.78 Å². The lowest BCUT2D eigenvalue weighted by atomic mass is 9.91. The summed E-state index contributed by atoms with van der Waals surface area (Å²) in [7, 11) is 0. The second-order valence-electron chi connectivity index (χ2n) is 8.68. The summed E-state index contributed by atoms with van der Waals surface area (Å²) in [6, 6.07) is 18.5. The predicted molar refractivity (Wildman–Crippen MR) is 126 cm³/mol. The summed E-state index contributed by atoms with van der Waals surface area (Å²) in [5.74, 6) is 0.717. The van der Waals surface area contributed by atoms with Gasteiger partial charge in [0.05, 0.1) is 11.8 Å². The first-order valence-electron chi connectivity index (χ1n) is 11.4. The summed E-state index contributed by atoms with van der Waals surface area (Å²) >= 11 is 0. The average molecular weight is 425 g/mol. The first-order valence-corrected chi connectivity index (χ1v) is 11.4. The average Bonchev–Trinajstić information content (AvgIpc) is 3.23. The number of nitrogens with zero attached hydrogens (tertiary/aromatic N) is 4. The van der Waals surface area contributed by atoms with Crippen molar-refractivity contribution < 1.29 is 4.79 Å². The van der Waals surface area contributed by atoms with Gasteiger partial charge in [-0.1, -0.05) is 42.5 Å². The van der Waals surface area contributed by atoms with Crippen LogP contribution >= 0.6 is 0 Å². The number of pyridine rings is 1. The van der Waals surface area contributed by atoms with Crippen molar-refractivity contribution in [3.8, 4) is 0 Å². The molecule has 1 saturated heterocycles. The third kappa shape index (κ3) is 4.42. The van der Waals surface area contributed by atoms with Crippen LogP contribution in [-0.2, 0) is 13.0 Å². The molecule has 3 heterocycles. The molecule has 0 N–H and O–H groups in total. The van der Waals surface area contributed by atoms with Crippen LogP contribution in [0.15, 0.2) is 79.5 Å². The molecular weight excluding hydrogens is 396 g/mol. The number of para-hydroxylation sites is 1. The fourth-order valence-electron chi connectivity index (χ4n) is 4.83. The zero-order valence-corrected chi connectivity index (χ0v) is 18.2. The van der Waals surface area contributed by atoms with E-state index in [2.05, 4.69) is 34.2 Å². The molecular formula is C27H28N4O. The highest BCUT2D eigenvalue weighted by Gasteiger charge is 2.23. The van der Waals surface area contributed by atoms with E-state index in [4.69, 9.17) is 0 Å². The predicted octanol–water partition coefficient (Wildman–Crippen LogP) is 4.96. The van der Waals surface area contributed by atoms with E-state index < -0.39 is 0 Å². The minimum Gasteiger partial charge on any atom is -0.339 e. The summed E-state index contributed by atoms with van der Waals surface area (Å²) in [5.41, 5.74) is 4.27. The van der Waals surface area contributed by atoms with Crippen LogP contribution in [0.5, 0.6) is 0 Å². The molecule has 1 aliphatic heterocycles. The van der Waals surface area contributed by atoms with Crippen LogP contribution in [-0.4, -0.2) is 38.4 Å². The molecule has 1 fully saturated rings. The molecule has 1 aliphatic rings. The number of rotatable bonds is 5. The molecule has 0 saturated carbocycles. The van der Waals surface area contributed by atoms with Crippen LogP contribution in [0.1, 0.15) is 40.7 Å². The van der Waals surface area contributed by atoms with E-state index in [1.54, 1.807) is 12.5 Å². The molecule has 0 radical (unpaired) electrons. The van der Waals surface area contributed by atoms with Crippen molar-refractivity contribution in [2.45, 2.75) is 32.2 Å². The maximum Gasteiger partial charge on any atom is 0.254 e. The molecule has 0 spiro atoms. The summed E-state index contributed by atoms with van der Waals surface area (Å²) in [5, 5.41) is 1.20. The lowest BCUT2D eigenvalue weighted by Gasteiger charge is -2.22. The highest BCUT2D eigenvalue weighted by molar-refractivity contribution is 5.95. The number of carbonyl (C=O) groups excluding carboxylic acids is 1. The van der Waals surface area contributed by atoms with Gasteiger partial charge in [0.1, 0.15) is 0 Å². The Morgan fingerprint density at radius 2 is 1.81 bits per heavy atom. The van der Waals surface area contributed by atoms with Gasteiger partial charge >= 0.3 is 0 Å². The van der Waals surface area contributed by atoms with Crippen molar-refractivity contribution in [1.29, 1.82) is 0 Å². The van der Waals surface area contributed by atoms with E-state index in [-0.39, 0.29) is 5.91 Å². The van der Waals surface area contributed by atoms with Gasteiger partial charge in [-0.15, -0.1) is 0 Å². The monoisotopic (exact) mass is 424 g/mol. The van der Waals surface area contributed by atoms with Crippen molar-refractivity contribution in [3.63, 3.8) is 0 Å². The zero-order chi connectivity index (χ0) is 21.8. The number of fused-ring (bicyclic) bond motifs is 1. The van der Waals surface area contributed by atoms with Crippen LogP contribution in [0.4, 0.5) is 0 Å². The molecule has 5 nitrogen and oxygen atoms in total. The van der Waals surface area contributed by atoms with Crippen LogP contribution in [0.2, 0.25) is 0 Å². The summed E-state index contributed by atoms with van der Waals surface area (Å²) in [6.45, 7) is 2.29. The Morgan fingerprint density at radius 1 is 0.938 bits per heavy atom. The molecule has 1 amide bonds. The number of benzene rings is 2. The quantitative estimate of drug-likeness (QED) is 0.455. The summed E-state index contributed by atoms with van der Waals surface area (Å²) < 4.78 is 2.00. The number of carbonyl (C=O) groups is 1. The molecule has 5 heteroatoms. The van der Waals surface area contributed by atoms with Gasteiger partial charge in [0, 0.05) is 49.2 Å². The molecule has 1 unspecified atom stereocenters. The van der Waals surface area contributed by atoms with E-state index in [0.717, 1.165) is 55.4 Å². The van der Waals surface area contributed by atoms with Gasteiger partial charge in [0.25, 0.3) is 5.91 Å². The Morgan fingerprint density at radius 3 is 2.72 bits per heavy atom. The lowest BCUT2D eigenvalue weighted by Crippen LogP contribution is -2.32. The van der Waals surface area contributed by atoms with Crippen LogP contribution < -0.4 is 0 Å². The van der Waals surface area contributed by atoms with Gasteiger partial charge in [0.2, 0.25) is 0 Å². The minimum absolute atomic E-state index is 0.146. The first kappa shape index (κ1) is 20.4. The maximum absolute atomic E-state index is 13.4. The van der Waals surface area contributed by atoms with E-state index >= 15 is 0 Å². The second kappa shape index (κ2) is 9.35. The van der Waals surface area contributed by atoms with Crippen molar-refractivity contribution in [2.75, 3.05) is 13.1 Å². The topological polar surface area (TPSA) is 51.0 Å². The molecule has 32 heavy (non-hydrogen) atoms.